The number of esters is 2. The van der Waals surface area contributed by atoms with Crippen molar-refractivity contribution in [1.29, 1.82) is 0 Å². The molecule has 0 bridgehead atoms. The van der Waals surface area contributed by atoms with Crippen molar-refractivity contribution in [2.45, 2.75) is 101 Å². The first-order valence-corrected chi connectivity index (χ1v) is 14.3. The molecule has 0 heterocycles. The Hall–Kier alpha value is -3.38. The van der Waals surface area contributed by atoms with Gasteiger partial charge in [-0.1, -0.05) is 73.6 Å². The number of methoxy groups -OCH3 is 2. The van der Waals surface area contributed by atoms with Gasteiger partial charge in [-0.25, -0.2) is 4.79 Å². The van der Waals surface area contributed by atoms with E-state index in [0.29, 0.717) is 12.8 Å². The molecule has 0 saturated carbocycles. The van der Waals surface area contributed by atoms with Gasteiger partial charge in [-0.05, 0) is 44.6 Å². The van der Waals surface area contributed by atoms with Gasteiger partial charge < -0.3 is 14.2 Å². The molecule has 0 N–H and O–H groups in total. The lowest BCUT2D eigenvalue weighted by Gasteiger charge is -2.33. The number of Topliss-reactive ketones (excluding diaryl/α,β-unsaturated/α-hetero) is 1. The molecule has 0 saturated heterocycles. The van der Waals surface area contributed by atoms with E-state index in [2.05, 4.69) is 23.2 Å². The van der Waals surface area contributed by atoms with Crippen LogP contribution in [0.25, 0.3) is 0 Å². The summed E-state index contributed by atoms with van der Waals surface area (Å²) in [6.07, 6.45) is 7.85. The van der Waals surface area contributed by atoms with Crippen LogP contribution in [0.5, 0.6) is 0 Å². The van der Waals surface area contributed by atoms with Crippen LogP contribution in [0.15, 0.2) is 55.1 Å². The molecule has 6 nitrogen and oxygen atoms in total. The highest BCUT2D eigenvalue weighted by atomic mass is 19.4. The lowest BCUT2D eigenvalue weighted by Crippen LogP contribution is -2.52. The van der Waals surface area contributed by atoms with E-state index < -0.39 is 41.8 Å². The van der Waals surface area contributed by atoms with Crippen LogP contribution in [0.2, 0.25) is 0 Å². The van der Waals surface area contributed by atoms with Crippen LogP contribution in [-0.4, -0.2) is 44.2 Å². The van der Waals surface area contributed by atoms with E-state index >= 15 is 0 Å². The van der Waals surface area contributed by atoms with Gasteiger partial charge in [0.05, 0.1) is 13.5 Å². The number of hydrogen-bond acceptors (Lipinski definition) is 6. The maximum absolute atomic E-state index is 14.2. The first-order chi connectivity index (χ1) is 20.1. The van der Waals surface area contributed by atoms with E-state index in [9.17, 15) is 27.6 Å². The third-order valence-corrected chi connectivity index (χ3v) is 6.65. The van der Waals surface area contributed by atoms with Gasteiger partial charge in [-0.2, -0.15) is 13.2 Å². The molecule has 42 heavy (non-hydrogen) atoms. The Kier molecular flexibility index (Phi) is 17.9. The molecule has 9 heteroatoms. The van der Waals surface area contributed by atoms with E-state index in [0.717, 1.165) is 45.6 Å². The number of ketones is 1. The summed E-state index contributed by atoms with van der Waals surface area (Å²) in [5.74, 6) is 3.26. The number of hydrogen-bond donors (Lipinski definition) is 0. The first kappa shape index (κ1) is 36.6. The highest BCUT2D eigenvalue weighted by molar-refractivity contribution is 5.83. The van der Waals surface area contributed by atoms with Crippen molar-refractivity contribution in [3.63, 3.8) is 0 Å². The summed E-state index contributed by atoms with van der Waals surface area (Å²) in [7, 11) is 1.86. The Balaban J connectivity index is 2.60. The molecule has 1 aromatic carbocycles. The Morgan fingerprint density at radius 1 is 0.952 bits per heavy atom. The van der Waals surface area contributed by atoms with Gasteiger partial charge in [0.2, 0.25) is 0 Å². The van der Waals surface area contributed by atoms with Crippen LogP contribution in [0.1, 0.15) is 89.0 Å². The second-order valence-corrected chi connectivity index (χ2v) is 9.84. The molecular formula is C33H43F3O6. The van der Waals surface area contributed by atoms with Crippen molar-refractivity contribution in [3.05, 3.63) is 60.7 Å². The normalized spacial score (nSPS) is 13.5. The van der Waals surface area contributed by atoms with Crippen LogP contribution in [-0.2, 0) is 34.2 Å². The zero-order chi connectivity index (χ0) is 31.3. The van der Waals surface area contributed by atoms with Crippen molar-refractivity contribution in [1.82, 2.24) is 0 Å². The summed E-state index contributed by atoms with van der Waals surface area (Å²) in [6, 6.07) is 6.37. The van der Waals surface area contributed by atoms with Gasteiger partial charge in [0.1, 0.15) is 11.9 Å². The zero-order valence-corrected chi connectivity index (χ0v) is 24.7. The molecule has 1 rings (SSSR count). The van der Waals surface area contributed by atoms with Gasteiger partial charge in [0.15, 0.2) is 0 Å². The standard InChI is InChI=1S/C33H43F3O6/c1-4-5-6-7-8-9-10-11-12-13-14-15-16-20-23-28(37)24-25-29(26-30(38)40-2)42-31(39)32(41-3,33(34,35)36)27-21-18-17-19-22-27/h4,12-13,17-19,21-22,29H,1,5-11,16,20,23-26H2,2-3H3/b13-12+/t29-,32+/m0/s1. The molecule has 0 unspecified atom stereocenters. The van der Waals surface area contributed by atoms with Gasteiger partial charge >= 0.3 is 18.1 Å². The van der Waals surface area contributed by atoms with E-state index in [1.807, 2.05) is 18.2 Å². The minimum absolute atomic E-state index is 0.0901. The fourth-order valence-corrected chi connectivity index (χ4v) is 4.27. The second kappa shape index (κ2) is 20.5. The number of benzene rings is 1. The molecule has 0 fully saturated rings. The lowest BCUT2D eigenvalue weighted by atomic mass is 9.92. The summed E-state index contributed by atoms with van der Waals surface area (Å²) < 4.78 is 57.1. The largest absolute Gasteiger partial charge is 0.469 e. The molecule has 0 aliphatic carbocycles. The summed E-state index contributed by atoms with van der Waals surface area (Å²) >= 11 is 0. The number of rotatable bonds is 20. The van der Waals surface area contributed by atoms with Crippen molar-refractivity contribution in [2.75, 3.05) is 14.2 Å². The molecule has 2 atom stereocenters. The third kappa shape index (κ3) is 13.1. The smallest absolute Gasteiger partial charge is 0.432 e. The highest BCUT2D eigenvalue weighted by Gasteiger charge is 2.64. The maximum Gasteiger partial charge on any atom is 0.432 e. The van der Waals surface area contributed by atoms with Gasteiger partial charge in [-0.3, -0.25) is 9.59 Å². The van der Waals surface area contributed by atoms with Gasteiger partial charge in [0.25, 0.3) is 5.60 Å². The Bertz CT molecular complexity index is 1060. The minimum Gasteiger partial charge on any atom is -0.469 e. The fourth-order valence-electron chi connectivity index (χ4n) is 4.27. The van der Waals surface area contributed by atoms with E-state index in [1.54, 1.807) is 0 Å². The molecule has 0 amide bonds. The topological polar surface area (TPSA) is 78.9 Å². The number of alkyl halides is 3. The molecule has 232 valence electrons. The summed E-state index contributed by atoms with van der Waals surface area (Å²) in [5, 5.41) is 0. The molecule has 1 aromatic rings. The minimum atomic E-state index is -5.16. The first-order valence-electron chi connectivity index (χ1n) is 14.3. The molecule has 0 aliphatic heterocycles. The Labute approximate surface area is 247 Å². The maximum atomic E-state index is 14.2. The number of halogens is 3. The predicted molar refractivity (Wildman–Crippen MR) is 155 cm³/mol. The number of allylic oxidation sites excluding steroid dienone is 3. The Morgan fingerprint density at radius 2 is 1.62 bits per heavy atom. The van der Waals surface area contributed by atoms with Crippen LogP contribution >= 0.6 is 0 Å². The van der Waals surface area contributed by atoms with Crippen LogP contribution < -0.4 is 0 Å². The van der Waals surface area contributed by atoms with E-state index in [-0.39, 0.29) is 25.0 Å². The zero-order valence-electron chi connectivity index (χ0n) is 24.7. The quantitative estimate of drug-likeness (QED) is 0.0673. The number of unbranched alkanes of at least 4 members (excludes halogenated alkanes) is 7. The molecule has 0 aromatic heterocycles. The second-order valence-electron chi connectivity index (χ2n) is 9.84. The molecule has 0 spiro atoms. The predicted octanol–water partition coefficient (Wildman–Crippen LogP) is 7.56. The third-order valence-electron chi connectivity index (χ3n) is 6.65. The van der Waals surface area contributed by atoms with Crippen molar-refractivity contribution in [3.8, 4) is 11.8 Å². The summed E-state index contributed by atoms with van der Waals surface area (Å²) in [5.41, 5.74) is -3.87. The van der Waals surface area contributed by atoms with E-state index in [1.165, 1.54) is 43.9 Å². The molecule has 0 radical (unpaired) electrons. The van der Waals surface area contributed by atoms with Crippen molar-refractivity contribution >= 4 is 17.7 Å². The Morgan fingerprint density at radius 3 is 2.24 bits per heavy atom. The average molecular weight is 593 g/mol. The number of carbonyl (C=O) groups excluding carboxylic acids is 3. The monoisotopic (exact) mass is 592 g/mol. The van der Waals surface area contributed by atoms with Crippen molar-refractivity contribution < 1.29 is 41.8 Å². The van der Waals surface area contributed by atoms with Gasteiger partial charge in [0, 0.05) is 31.9 Å². The van der Waals surface area contributed by atoms with Crippen molar-refractivity contribution in [2.24, 2.45) is 0 Å². The fraction of sp³-hybridized carbons (Fsp3) is 0.545. The molecule has 0 aliphatic rings. The summed E-state index contributed by atoms with van der Waals surface area (Å²) in [4.78, 5) is 37.3. The van der Waals surface area contributed by atoms with Crippen LogP contribution in [0, 0.1) is 11.8 Å². The average Bonchev–Trinajstić information content (AvgIpc) is 2.96. The number of carbonyl (C=O) groups is 3. The summed E-state index contributed by atoms with van der Waals surface area (Å²) in [6.45, 7) is 3.72. The van der Waals surface area contributed by atoms with Gasteiger partial charge in [-0.15, -0.1) is 6.58 Å². The van der Waals surface area contributed by atoms with Crippen LogP contribution in [0.3, 0.4) is 0 Å². The number of ether oxygens (including phenoxy) is 3. The highest BCUT2D eigenvalue weighted by Crippen LogP contribution is 2.43. The SMILES string of the molecule is C=CCCCCCCC/C=C/C#CCCCC(=O)CC[C@@H](CC(=O)OC)OC(=O)[C@](OC)(c1ccccc1)C(F)(F)F. The molecular weight excluding hydrogens is 549 g/mol. The lowest BCUT2D eigenvalue weighted by molar-refractivity contribution is -0.278. The van der Waals surface area contributed by atoms with Crippen LogP contribution in [0.4, 0.5) is 13.2 Å². The van der Waals surface area contributed by atoms with E-state index in [4.69, 9.17) is 9.47 Å².